The molecule has 8 heteroatoms. The summed E-state index contributed by atoms with van der Waals surface area (Å²) in [5, 5.41) is 0. The van der Waals surface area contributed by atoms with Gasteiger partial charge < -0.3 is 0 Å². The van der Waals surface area contributed by atoms with Crippen LogP contribution in [0.15, 0.2) is 0 Å². The largest absolute Gasteiger partial charge is 0.389 e. The van der Waals surface area contributed by atoms with Crippen molar-refractivity contribution in [2.45, 2.75) is 58.2 Å². The molecular weight excluding hydrogens is 319 g/mol. The van der Waals surface area contributed by atoms with E-state index < -0.39 is 35.7 Å². The average molecular weight is 341 g/mol. The Labute approximate surface area is 129 Å². The molecule has 128 valence electrons. The van der Waals surface area contributed by atoms with Crippen LogP contribution in [-0.4, -0.2) is 37.3 Å². The second-order valence-electron chi connectivity index (χ2n) is 7.48. The monoisotopic (exact) mass is 341 g/mol. The van der Waals surface area contributed by atoms with Gasteiger partial charge in [-0.25, -0.2) is 4.31 Å². The summed E-state index contributed by atoms with van der Waals surface area (Å²) in [4.78, 5) is 12.3. The van der Waals surface area contributed by atoms with E-state index in [1.54, 1.807) is 0 Å². The van der Waals surface area contributed by atoms with E-state index in [-0.39, 0.29) is 22.6 Å². The Kier molecular flexibility index (Phi) is 3.38. The molecule has 1 heterocycles. The molecule has 2 saturated carbocycles. The van der Waals surface area contributed by atoms with Gasteiger partial charge in [0.2, 0.25) is 5.91 Å². The molecule has 0 aromatic rings. The summed E-state index contributed by atoms with van der Waals surface area (Å²) >= 11 is 0. The molecule has 1 aliphatic heterocycles. The van der Waals surface area contributed by atoms with E-state index >= 15 is 0 Å². The number of carbonyl (C=O) groups is 1. The molecule has 0 aromatic heterocycles. The summed E-state index contributed by atoms with van der Waals surface area (Å²) in [5.41, 5.74) is -0.467. The van der Waals surface area contributed by atoms with Gasteiger partial charge in [0.15, 0.2) is 0 Å². The maximum atomic E-state index is 12.3. The van der Waals surface area contributed by atoms with Gasteiger partial charge in [0.05, 0.1) is 18.2 Å². The predicted molar refractivity (Wildman–Crippen MR) is 77.2 cm³/mol. The Bertz CT molecular complexity index is 508. The third kappa shape index (κ3) is 2.10. The number of halogens is 3. The van der Waals surface area contributed by atoms with E-state index in [0.717, 1.165) is 17.1 Å². The summed E-state index contributed by atoms with van der Waals surface area (Å²) in [5.74, 6) is -0.264. The van der Waals surface area contributed by atoms with Crippen molar-refractivity contribution in [3.05, 3.63) is 0 Å². The smallest absolute Gasteiger partial charge is 0.282 e. The van der Waals surface area contributed by atoms with Crippen LogP contribution in [0.2, 0.25) is 0 Å². The van der Waals surface area contributed by atoms with Crippen molar-refractivity contribution < 1.29 is 27.1 Å². The maximum absolute atomic E-state index is 12.3. The molecule has 2 N–H and O–H groups in total. The molecule has 22 heavy (non-hydrogen) atoms. The van der Waals surface area contributed by atoms with Crippen LogP contribution in [0.25, 0.3) is 0 Å². The van der Waals surface area contributed by atoms with Crippen LogP contribution in [-0.2, 0) is 4.79 Å². The molecule has 1 amide bonds. The summed E-state index contributed by atoms with van der Waals surface area (Å²) in [6.07, 6.45) is -3.87. The maximum Gasteiger partial charge on any atom is 0.389 e. The molecule has 0 radical (unpaired) electrons. The molecule has 1 saturated heterocycles. The molecule has 1 spiro atoms. The van der Waals surface area contributed by atoms with Crippen LogP contribution >= 0.6 is 10.8 Å². The van der Waals surface area contributed by atoms with Crippen molar-refractivity contribution in [2.24, 2.45) is 16.7 Å². The predicted octanol–water partition coefficient (Wildman–Crippen LogP) is 4.03. The van der Waals surface area contributed by atoms with E-state index in [1.165, 1.54) is 0 Å². The first-order valence-corrected chi connectivity index (χ1v) is 9.23. The lowest BCUT2D eigenvalue weighted by atomic mass is 9.69. The second-order valence-corrected chi connectivity index (χ2v) is 9.42. The Morgan fingerprint density at radius 3 is 2.55 bits per heavy atom. The number of amides is 1. The van der Waals surface area contributed by atoms with Gasteiger partial charge in [-0.1, -0.05) is 13.8 Å². The lowest BCUT2D eigenvalue weighted by Gasteiger charge is -2.40. The zero-order valence-corrected chi connectivity index (χ0v) is 13.5. The normalized spacial score (nSPS) is 39.9. The number of rotatable bonds is 2. The molecule has 3 aliphatic rings. The fraction of sp³-hybridized carbons (Fsp3) is 0.929. The van der Waals surface area contributed by atoms with Gasteiger partial charge in [-0.05, 0) is 30.6 Å². The molecule has 3 rings (SSSR count). The number of carbonyl (C=O) groups excluding carboxylic acids is 1. The first kappa shape index (κ1) is 16.4. The van der Waals surface area contributed by atoms with Crippen LogP contribution in [0.1, 0.15) is 46.0 Å². The fourth-order valence-electron chi connectivity index (χ4n) is 5.01. The second kappa shape index (κ2) is 4.54. The van der Waals surface area contributed by atoms with Gasteiger partial charge in [0, 0.05) is 11.8 Å². The van der Waals surface area contributed by atoms with Crippen molar-refractivity contribution in [3.63, 3.8) is 0 Å². The molecule has 2 aliphatic carbocycles. The van der Waals surface area contributed by atoms with Crippen molar-refractivity contribution in [1.82, 2.24) is 4.31 Å². The van der Waals surface area contributed by atoms with E-state index in [0.29, 0.717) is 12.3 Å². The lowest BCUT2D eigenvalue weighted by molar-refractivity contribution is -0.148. The van der Waals surface area contributed by atoms with Gasteiger partial charge in [-0.2, -0.15) is 13.2 Å². The van der Waals surface area contributed by atoms with Crippen LogP contribution in [0.5, 0.6) is 0 Å². The first-order valence-electron chi connectivity index (χ1n) is 7.56. The Hall–Kier alpha value is -0.470. The number of nitrogens with zero attached hydrogens (tertiary/aromatic N) is 1. The summed E-state index contributed by atoms with van der Waals surface area (Å²) in [6, 6.07) is -0.327. The minimum atomic E-state index is -4.41. The van der Waals surface area contributed by atoms with E-state index in [2.05, 4.69) is 13.8 Å². The number of hydrogen-bond acceptors (Lipinski definition) is 3. The third-order valence-corrected chi connectivity index (χ3v) is 8.30. The number of hydrogen-bond donors (Lipinski definition) is 2. The highest BCUT2D eigenvalue weighted by atomic mass is 32.3. The van der Waals surface area contributed by atoms with E-state index in [1.807, 2.05) is 0 Å². The van der Waals surface area contributed by atoms with Crippen LogP contribution in [0.4, 0.5) is 13.2 Å². The molecule has 3 atom stereocenters. The molecular formula is C14H22F3NO3S. The molecule has 0 unspecified atom stereocenters. The average Bonchev–Trinajstić information content (AvgIpc) is 2.81. The summed E-state index contributed by atoms with van der Waals surface area (Å²) < 4.78 is 58.8. The number of alkyl halides is 3. The fourth-order valence-corrected chi connectivity index (χ4v) is 7.67. The van der Waals surface area contributed by atoms with E-state index in [4.69, 9.17) is 0 Å². The summed E-state index contributed by atoms with van der Waals surface area (Å²) in [6.45, 7) is 4.17. The van der Waals surface area contributed by atoms with E-state index in [9.17, 15) is 27.1 Å². The highest BCUT2D eigenvalue weighted by molar-refractivity contribution is 8.22. The van der Waals surface area contributed by atoms with Gasteiger partial charge in [-0.15, -0.1) is 10.8 Å². The molecule has 2 bridgehead atoms. The van der Waals surface area contributed by atoms with Gasteiger partial charge in [-0.3, -0.25) is 13.9 Å². The highest BCUT2D eigenvalue weighted by Crippen LogP contribution is 2.76. The van der Waals surface area contributed by atoms with Crippen LogP contribution < -0.4 is 0 Å². The van der Waals surface area contributed by atoms with Crippen molar-refractivity contribution in [1.29, 1.82) is 0 Å². The summed E-state index contributed by atoms with van der Waals surface area (Å²) in [7, 11) is -3.31. The molecule has 4 nitrogen and oxygen atoms in total. The number of fused-ring (bicyclic) bond motifs is 1. The quantitative estimate of drug-likeness (QED) is 0.797. The topological polar surface area (TPSA) is 60.8 Å². The van der Waals surface area contributed by atoms with Crippen molar-refractivity contribution in [2.75, 3.05) is 5.75 Å². The standard InChI is InChI=1S/C14H22F3NO3S/c1-12(2)9-3-5-13(12)8-22(20,21)18(10(13)7-9)11(19)4-6-14(15,16)17/h9-10,20-21H,3-8H2,1-2H3/t9-,10-,13-/m0/s1. The van der Waals surface area contributed by atoms with Gasteiger partial charge >= 0.3 is 6.18 Å². The van der Waals surface area contributed by atoms with Crippen molar-refractivity contribution >= 4 is 16.7 Å². The van der Waals surface area contributed by atoms with Crippen molar-refractivity contribution in [3.8, 4) is 0 Å². The zero-order chi connectivity index (χ0) is 16.6. The van der Waals surface area contributed by atoms with Crippen LogP contribution in [0, 0.1) is 16.7 Å². The Morgan fingerprint density at radius 1 is 1.36 bits per heavy atom. The molecule has 3 fully saturated rings. The third-order valence-electron chi connectivity index (χ3n) is 6.31. The SMILES string of the molecule is CC1(C)[C@H]2CC[C@@]13CS(O)(O)N(C(=O)CCC(F)(F)F)[C@H]3C2. The Balaban J connectivity index is 1.85. The van der Waals surface area contributed by atoms with Gasteiger partial charge in [0.25, 0.3) is 0 Å². The van der Waals surface area contributed by atoms with Crippen LogP contribution in [0.3, 0.4) is 0 Å². The van der Waals surface area contributed by atoms with Gasteiger partial charge in [0.1, 0.15) is 0 Å². The minimum absolute atomic E-state index is 0.111. The highest BCUT2D eigenvalue weighted by Gasteiger charge is 2.72. The Morgan fingerprint density at radius 2 is 2.00 bits per heavy atom. The zero-order valence-electron chi connectivity index (χ0n) is 12.7. The molecule has 0 aromatic carbocycles. The minimum Gasteiger partial charge on any atom is -0.282 e. The lowest BCUT2D eigenvalue weighted by Crippen LogP contribution is -2.43. The first-order chi connectivity index (χ1) is 9.91.